The van der Waals surface area contributed by atoms with Crippen molar-refractivity contribution in [2.75, 3.05) is 6.54 Å². The fraction of sp³-hybridized carbons (Fsp3) is 0.933. The van der Waals surface area contributed by atoms with Crippen molar-refractivity contribution in [3.63, 3.8) is 0 Å². The lowest BCUT2D eigenvalue weighted by Crippen LogP contribution is -2.46. The van der Waals surface area contributed by atoms with Gasteiger partial charge in [0.25, 0.3) is 0 Å². The fourth-order valence-electron chi connectivity index (χ4n) is 3.77. The molecule has 2 N–H and O–H groups in total. The predicted molar refractivity (Wildman–Crippen MR) is 72.5 cm³/mol. The van der Waals surface area contributed by atoms with Crippen LogP contribution >= 0.6 is 0 Å². The maximum absolute atomic E-state index is 11.2. The number of carbonyl (C=O) groups is 1. The normalized spacial score (nSPS) is 35.6. The van der Waals surface area contributed by atoms with Crippen LogP contribution < -0.4 is 5.32 Å². The Morgan fingerprint density at radius 3 is 2.67 bits per heavy atom. The lowest BCUT2D eigenvalue weighted by Gasteiger charge is -2.40. The highest BCUT2D eigenvalue weighted by Gasteiger charge is 2.36. The van der Waals surface area contributed by atoms with Crippen LogP contribution in [0.3, 0.4) is 0 Å². The molecule has 3 heteroatoms. The Balaban J connectivity index is 1.85. The number of hydrogen-bond acceptors (Lipinski definition) is 2. The summed E-state index contributed by atoms with van der Waals surface area (Å²) in [7, 11) is 0. The molecule has 0 aromatic heterocycles. The monoisotopic (exact) mass is 253 g/mol. The Hall–Kier alpha value is -0.570. The van der Waals surface area contributed by atoms with E-state index in [1.165, 1.54) is 25.7 Å². The first kappa shape index (κ1) is 13.9. The summed E-state index contributed by atoms with van der Waals surface area (Å²) in [4.78, 5) is 11.2. The second-order valence-electron chi connectivity index (χ2n) is 6.83. The van der Waals surface area contributed by atoms with Gasteiger partial charge in [0.15, 0.2) is 0 Å². The van der Waals surface area contributed by atoms with Crippen molar-refractivity contribution in [1.29, 1.82) is 0 Å². The third-order valence-corrected chi connectivity index (χ3v) is 5.11. The van der Waals surface area contributed by atoms with Crippen LogP contribution in [0.1, 0.15) is 58.8 Å². The van der Waals surface area contributed by atoms with Gasteiger partial charge in [0.05, 0.1) is 5.92 Å². The number of aliphatic carboxylic acids is 1. The van der Waals surface area contributed by atoms with Crippen molar-refractivity contribution >= 4 is 5.97 Å². The minimum atomic E-state index is -0.595. The topological polar surface area (TPSA) is 49.3 Å². The van der Waals surface area contributed by atoms with Gasteiger partial charge in [0.2, 0.25) is 0 Å². The van der Waals surface area contributed by atoms with Crippen molar-refractivity contribution in [3.05, 3.63) is 0 Å². The van der Waals surface area contributed by atoms with Gasteiger partial charge >= 0.3 is 5.97 Å². The van der Waals surface area contributed by atoms with Gasteiger partial charge in [-0.15, -0.1) is 0 Å². The summed E-state index contributed by atoms with van der Waals surface area (Å²) in [5.74, 6) is -0.355. The lowest BCUT2D eigenvalue weighted by atomic mass is 9.73. The standard InChI is InChI=1S/C15H27NO2/c1-15(2)9-4-3-8-13(15)16-10-11-6-5-7-12(11)14(17)18/h11-13,16H,3-10H2,1-2H3,(H,17,18). The first-order chi connectivity index (χ1) is 8.50. The van der Waals surface area contributed by atoms with Crippen molar-refractivity contribution in [2.24, 2.45) is 17.3 Å². The second-order valence-corrected chi connectivity index (χ2v) is 6.83. The molecule has 0 aromatic rings. The summed E-state index contributed by atoms with van der Waals surface area (Å²) in [5.41, 5.74) is 0.371. The molecule has 0 heterocycles. The van der Waals surface area contributed by atoms with Crippen LogP contribution in [0.5, 0.6) is 0 Å². The molecule has 0 spiro atoms. The molecule has 0 saturated heterocycles. The molecule has 0 bridgehead atoms. The Labute approximate surface area is 110 Å². The van der Waals surface area contributed by atoms with Crippen LogP contribution in [-0.2, 0) is 4.79 Å². The zero-order chi connectivity index (χ0) is 13.2. The van der Waals surface area contributed by atoms with Gasteiger partial charge in [-0.25, -0.2) is 0 Å². The molecule has 0 radical (unpaired) electrons. The van der Waals surface area contributed by atoms with Crippen LogP contribution in [0.2, 0.25) is 0 Å². The molecule has 2 aliphatic carbocycles. The van der Waals surface area contributed by atoms with E-state index in [9.17, 15) is 9.90 Å². The van der Waals surface area contributed by atoms with E-state index < -0.39 is 5.97 Å². The molecule has 2 aliphatic rings. The van der Waals surface area contributed by atoms with E-state index in [1.54, 1.807) is 0 Å². The van der Waals surface area contributed by atoms with Gasteiger partial charge < -0.3 is 10.4 Å². The first-order valence-corrected chi connectivity index (χ1v) is 7.47. The molecule has 2 saturated carbocycles. The number of carboxylic acids is 1. The summed E-state index contributed by atoms with van der Waals surface area (Å²) in [6, 6.07) is 0.571. The van der Waals surface area contributed by atoms with E-state index in [2.05, 4.69) is 19.2 Å². The molecular formula is C15H27NO2. The molecule has 0 aliphatic heterocycles. The molecule has 2 rings (SSSR count). The number of rotatable bonds is 4. The Bertz CT molecular complexity index is 301. The summed E-state index contributed by atoms with van der Waals surface area (Å²) in [5, 5.41) is 12.9. The molecule has 104 valence electrons. The maximum Gasteiger partial charge on any atom is 0.306 e. The highest BCUT2D eigenvalue weighted by atomic mass is 16.4. The zero-order valence-corrected chi connectivity index (χ0v) is 11.7. The number of nitrogens with one attached hydrogen (secondary N) is 1. The average Bonchev–Trinajstić information content (AvgIpc) is 2.75. The van der Waals surface area contributed by atoms with Crippen molar-refractivity contribution in [2.45, 2.75) is 64.8 Å². The Kier molecular flexibility index (Phi) is 4.31. The molecule has 3 nitrogen and oxygen atoms in total. The van der Waals surface area contributed by atoms with Gasteiger partial charge in [-0.2, -0.15) is 0 Å². The van der Waals surface area contributed by atoms with E-state index in [0.29, 0.717) is 17.4 Å². The number of carboxylic acid groups (broad SMARTS) is 1. The van der Waals surface area contributed by atoms with E-state index in [-0.39, 0.29) is 5.92 Å². The largest absolute Gasteiger partial charge is 0.481 e. The van der Waals surface area contributed by atoms with Gasteiger partial charge in [-0.3, -0.25) is 4.79 Å². The minimum Gasteiger partial charge on any atom is -0.481 e. The van der Waals surface area contributed by atoms with Crippen molar-refractivity contribution in [1.82, 2.24) is 5.32 Å². The van der Waals surface area contributed by atoms with Gasteiger partial charge in [-0.05, 0) is 43.6 Å². The van der Waals surface area contributed by atoms with Crippen molar-refractivity contribution < 1.29 is 9.90 Å². The molecule has 3 atom stereocenters. The SMILES string of the molecule is CC1(C)CCCCC1NCC1CCCC1C(=O)O. The summed E-state index contributed by atoms with van der Waals surface area (Å²) < 4.78 is 0. The maximum atomic E-state index is 11.2. The van der Waals surface area contributed by atoms with Crippen LogP contribution in [-0.4, -0.2) is 23.7 Å². The first-order valence-electron chi connectivity index (χ1n) is 7.47. The third-order valence-electron chi connectivity index (χ3n) is 5.11. The molecule has 2 fully saturated rings. The van der Waals surface area contributed by atoms with E-state index in [0.717, 1.165) is 25.8 Å². The lowest BCUT2D eigenvalue weighted by molar-refractivity contribution is -0.142. The fourth-order valence-corrected chi connectivity index (χ4v) is 3.77. The zero-order valence-electron chi connectivity index (χ0n) is 11.7. The van der Waals surface area contributed by atoms with E-state index >= 15 is 0 Å². The predicted octanol–water partition coefficient (Wildman–Crippen LogP) is 3.05. The van der Waals surface area contributed by atoms with Crippen LogP contribution in [0.15, 0.2) is 0 Å². The minimum absolute atomic E-state index is 0.107. The van der Waals surface area contributed by atoms with Gasteiger partial charge in [0, 0.05) is 6.04 Å². The molecule has 0 aromatic carbocycles. The smallest absolute Gasteiger partial charge is 0.306 e. The molecule has 18 heavy (non-hydrogen) atoms. The van der Waals surface area contributed by atoms with Gasteiger partial charge in [0.1, 0.15) is 0 Å². The van der Waals surface area contributed by atoms with Crippen molar-refractivity contribution in [3.8, 4) is 0 Å². The number of hydrogen-bond donors (Lipinski definition) is 2. The molecule has 3 unspecified atom stereocenters. The summed E-state index contributed by atoms with van der Waals surface area (Å²) in [6.45, 7) is 5.57. The second kappa shape index (κ2) is 5.60. The van der Waals surface area contributed by atoms with E-state index in [4.69, 9.17) is 0 Å². The summed E-state index contributed by atoms with van der Waals surface area (Å²) in [6.07, 6.45) is 8.22. The average molecular weight is 253 g/mol. The Morgan fingerprint density at radius 1 is 1.22 bits per heavy atom. The van der Waals surface area contributed by atoms with Crippen LogP contribution in [0.25, 0.3) is 0 Å². The van der Waals surface area contributed by atoms with Crippen LogP contribution in [0, 0.1) is 17.3 Å². The molecule has 0 amide bonds. The van der Waals surface area contributed by atoms with Gasteiger partial charge in [-0.1, -0.05) is 33.1 Å². The summed E-state index contributed by atoms with van der Waals surface area (Å²) >= 11 is 0. The van der Waals surface area contributed by atoms with Crippen LogP contribution in [0.4, 0.5) is 0 Å². The Morgan fingerprint density at radius 2 is 2.00 bits per heavy atom. The van der Waals surface area contributed by atoms with E-state index in [1.807, 2.05) is 0 Å². The molecular weight excluding hydrogens is 226 g/mol. The third kappa shape index (κ3) is 3.05. The quantitative estimate of drug-likeness (QED) is 0.809. The highest BCUT2D eigenvalue weighted by Crippen LogP contribution is 2.36. The highest BCUT2D eigenvalue weighted by molar-refractivity contribution is 5.70.